The van der Waals surface area contributed by atoms with Gasteiger partial charge in [-0.15, -0.1) is 0 Å². The van der Waals surface area contributed by atoms with Crippen LogP contribution < -0.4 is 0 Å². The van der Waals surface area contributed by atoms with Gasteiger partial charge < -0.3 is 9.72 Å². The topological polar surface area (TPSA) is 65.9 Å². The standard InChI is InChI=1S/C14H12N2O2/c1-9-13(14(17)18-2)12(8-16-9)11-5-3-10(7-15)4-6-11/h3-6,8,16H,1-2H3. The Morgan fingerprint density at radius 1 is 1.33 bits per heavy atom. The first-order valence-electron chi connectivity index (χ1n) is 5.44. The first-order chi connectivity index (χ1) is 8.67. The first-order valence-corrected chi connectivity index (χ1v) is 5.44. The molecule has 2 aromatic rings. The molecule has 2 rings (SSSR count). The molecule has 0 saturated heterocycles. The third-order valence-electron chi connectivity index (χ3n) is 2.79. The van der Waals surface area contributed by atoms with Crippen LogP contribution in [0.5, 0.6) is 0 Å². The predicted octanol–water partition coefficient (Wildman–Crippen LogP) is 2.65. The van der Waals surface area contributed by atoms with Crippen LogP contribution in [-0.2, 0) is 4.74 Å². The van der Waals surface area contributed by atoms with Crippen molar-refractivity contribution in [1.82, 2.24) is 4.98 Å². The largest absolute Gasteiger partial charge is 0.465 e. The summed E-state index contributed by atoms with van der Waals surface area (Å²) in [4.78, 5) is 14.7. The fraction of sp³-hybridized carbons (Fsp3) is 0.143. The van der Waals surface area contributed by atoms with Crippen LogP contribution in [0, 0.1) is 18.3 Å². The van der Waals surface area contributed by atoms with Gasteiger partial charge in [-0.2, -0.15) is 5.26 Å². The number of hydrogen-bond acceptors (Lipinski definition) is 3. The van der Waals surface area contributed by atoms with Crippen molar-refractivity contribution < 1.29 is 9.53 Å². The Labute approximate surface area is 105 Å². The van der Waals surface area contributed by atoms with Crippen LogP contribution in [0.3, 0.4) is 0 Å². The van der Waals surface area contributed by atoms with Crippen LogP contribution in [0.1, 0.15) is 21.6 Å². The molecule has 18 heavy (non-hydrogen) atoms. The number of aromatic nitrogens is 1. The highest BCUT2D eigenvalue weighted by atomic mass is 16.5. The van der Waals surface area contributed by atoms with Crippen molar-refractivity contribution >= 4 is 5.97 Å². The van der Waals surface area contributed by atoms with E-state index in [-0.39, 0.29) is 5.97 Å². The van der Waals surface area contributed by atoms with Gasteiger partial charge in [-0.3, -0.25) is 0 Å². The van der Waals surface area contributed by atoms with Crippen LogP contribution in [0.4, 0.5) is 0 Å². The molecule has 0 fully saturated rings. The highest BCUT2D eigenvalue weighted by Crippen LogP contribution is 2.26. The molecule has 0 radical (unpaired) electrons. The number of nitrogens with one attached hydrogen (secondary N) is 1. The Bertz CT molecular complexity index is 618. The smallest absolute Gasteiger partial charge is 0.340 e. The Hall–Kier alpha value is -2.54. The average Bonchev–Trinajstić information content (AvgIpc) is 2.80. The molecule has 4 nitrogen and oxygen atoms in total. The van der Waals surface area contributed by atoms with E-state index < -0.39 is 0 Å². The number of nitrogens with zero attached hydrogens (tertiary/aromatic N) is 1. The van der Waals surface area contributed by atoms with E-state index in [0.29, 0.717) is 11.1 Å². The normalized spacial score (nSPS) is 9.83. The predicted molar refractivity (Wildman–Crippen MR) is 67.0 cm³/mol. The van der Waals surface area contributed by atoms with E-state index in [1.165, 1.54) is 7.11 Å². The number of carbonyl (C=O) groups is 1. The number of carbonyl (C=O) groups excluding carboxylic acids is 1. The molecular weight excluding hydrogens is 228 g/mol. The highest BCUT2D eigenvalue weighted by molar-refractivity contribution is 5.98. The maximum Gasteiger partial charge on any atom is 0.340 e. The third kappa shape index (κ3) is 1.98. The van der Waals surface area contributed by atoms with Crippen molar-refractivity contribution in [2.45, 2.75) is 6.92 Å². The number of hydrogen-bond donors (Lipinski definition) is 1. The van der Waals surface area contributed by atoms with Crippen LogP contribution in [-0.4, -0.2) is 18.1 Å². The van der Waals surface area contributed by atoms with Gasteiger partial charge in [-0.25, -0.2) is 4.79 Å². The summed E-state index contributed by atoms with van der Waals surface area (Å²) < 4.78 is 4.77. The zero-order valence-corrected chi connectivity index (χ0v) is 10.2. The van der Waals surface area contributed by atoms with Gasteiger partial charge in [-0.05, 0) is 24.6 Å². The molecule has 1 aromatic heterocycles. The van der Waals surface area contributed by atoms with Crippen LogP contribution in [0.25, 0.3) is 11.1 Å². The fourth-order valence-corrected chi connectivity index (χ4v) is 1.84. The summed E-state index contributed by atoms with van der Waals surface area (Å²) in [5.74, 6) is -0.367. The van der Waals surface area contributed by atoms with E-state index in [1.54, 1.807) is 18.3 Å². The molecule has 0 aliphatic carbocycles. The number of aromatic amines is 1. The molecule has 90 valence electrons. The molecule has 1 N–H and O–H groups in total. The lowest BCUT2D eigenvalue weighted by atomic mass is 10.0. The van der Waals surface area contributed by atoms with Crippen LogP contribution in [0.15, 0.2) is 30.5 Å². The Morgan fingerprint density at radius 3 is 2.56 bits per heavy atom. The molecule has 0 atom stereocenters. The number of H-pyrrole nitrogens is 1. The lowest BCUT2D eigenvalue weighted by Crippen LogP contribution is -2.03. The first kappa shape index (κ1) is 11.9. The highest BCUT2D eigenvalue weighted by Gasteiger charge is 2.17. The summed E-state index contributed by atoms with van der Waals surface area (Å²) in [6.07, 6.45) is 1.77. The van der Waals surface area contributed by atoms with Gasteiger partial charge in [0.1, 0.15) is 0 Å². The van der Waals surface area contributed by atoms with Gasteiger partial charge in [0, 0.05) is 17.5 Å². The molecule has 4 heteroatoms. The van der Waals surface area contributed by atoms with Crippen LogP contribution >= 0.6 is 0 Å². The van der Waals surface area contributed by atoms with Crippen molar-refractivity contribution in [3.05, 3.63) is 47.3 Å². The van der Waals surface area contributed by atoms with Crippen molar-refractivity contribution in [2.24, 2.45) is 0 Å². The summed E-state index contributed by atoms with van der Waals surface area (Å²) in [7, 11) is 1.36. The molecule has 0 spiro atoms. The molecule has 0 unspecified atom stereocenters. The molecule has 0 bridgehead atoms. The van der Waals surface area contributed by atoms with Gasteiger partial charge in [0.2, 0.25) is 0 Å². The maximum absolute atomic E-state index is 11.7. The van der Waals surface area contributed by atoms with Crippen LogP contribution in [0.2, 0.25) is 0 Å². The zero-order valence-electron chi connectivity index (χ0n) is 10.2. The summed E-state index contributed by atoms with van der Waals surface area (Å²) in [5, 5.41) is 8.75. The quantitative estimate of drug-likeness (QED) is 0.820. The number of nitriles is 1. The fourth-order valence-electron chi connectivity index (χ4n) is 1.84. The second-order valence-electron chi connectivity index (χ2n) is 3.88. The van der Waals surface area contributed by atoms with Gasteiger partial charge in [0.05, 0.1) is 24.3 Å². The molecule has 0 aliphatic rings. The average molecular weight is 240 g/mol. The summed E-state index contributed by atoms with van der Waals surface area (Å²) >= 11 is 0. The monoisotopic (exact) mass is 240 g/mol. The molecule has 0 saturated carbocycles. The zero-order chi connectivity index (χ0) is 13.1. The number of methoxy groups -OCH3 is 1. The van der Waals surface area contributed by atoms with E-state index >= 15 is 0 Å². The molecule has 0 aliphatic heterocycles. The summed E-state index contributed by atoms with van der Waals surface area (Å²) in [5.41, 5.74) is 3.54. The molecule has 0 amide bonds. The maximum atomic E-state index is 11.7. The summed E-state index contributed by atoms with van der Waals surface area (Å²) in [6, 6.07) is 9.13. The van der Waals surface area contributed by atoms with E-state index in [9.17, 15) is 4.79 Å². The Balaban J connectivity index is 2.51. The number of aryl methyl sites for hydroxylation is 1. The van der Waals surface area contributed by atoms with Crippen molar-refractivity contribution in [1.29, 1.82) is 5.26 Å². The minimum Gasteiger partial charge on any atom is -0.465 e. The minimum absolute atomic E-state index is 0.367. The van der Waals surface area contributed by atoms with E-state index in [0.717, 1.165) is 16.8 Å². The molecular formula is C14H12N2O2. The Kier molecular flexibility index (Phi) is 3.16. The SMILES string of the molecule is COC(=O)c1c(-c2ccc(C#N)cc2)c[nH]c1C. The number of benzene rings is 1. The number of rotatable bonds is 2. The van der Waals surface area contributed by atoms with Gasteiger partial charge in [0.25, 0.3) is 0 Å². The second-order valence-corrected chi connectivity index (χ2v) is 3.88. The second kappa shape index (κ2) is 4.76. The number of ether oxygens (including phenoxy) is 1. The Morgan fingerprint density at radius 2 is 2.00 bits per heavy atom. The lowest BCUT2D eigenvalue weighted by molar-refractivity contribution is 0.0601. The van der Waals surface area contributed by atoms with Crippen molar-refractivity contribution in [2.75, 3.05) is 7.11 Å². The molecule has 1 aromatic carbocycles. The van der Waals surface area contributed by atoms with Gasteiger partial charge >= 0.3 is 5.97 Å². The minimum atomic E-state index is -0.367. The van der Waals surface area contributed by atoms with Gasteiger partial charge in [0.15, 0.2) is 0 Å². The third-order valence-corrected chi connectivity index (χ3v) is 2.79. The summed E-state index contributed by atoms with van der Waals surface area (Å²) in [6.45, 7) is 1.82. The van der Waals surface area contributed by atoms with Crippen molar-refractivity contribution in [3.8, 4) is 17.2 Å². The van der Waals surface area contributed by atoms with E-state index in [1.807, 2.05) is 19.1 Å². The van der Waals surface area contributed by atoms with Crippen molar-refractivity contribution in [3.63, 3.8) is 0 Å². The molecule has 1 heterocycles. The van der Waals surface area contributed by atoms with E-state index in [2.05, 4.69) is 11.1 Å². The lowest BCUT2D eigenvalue weighted by Gasteiger charge is -2.03. The number of esters is 1. The van der Waals surface area contributed by atoms with E-state index in [4.69, 9.17) is 10.00 Å². The van der Waals surface area contributed by atoms with Gasteiger partial charge in [-0.1, -0.05) is 12.1 Å².